The van der Waals surface area contributed by atoms with Gasteiger partial charge in [-0.1, -0.05) is 66.0 Å². The van der Waals surface area contributed by atoms with Gasteiger partial charge in [-0.05, 0) is 56.2 Å². The summed E-state index contributed by atoms with van der Waals surface area (Å²) in [6.45, 7) is 0. The van der Waals surface area contributed by atoms with Gasteiger partial charge in [0.05, 0.1) is 0 Å². The molecule has 2 aliphatic rings. The lowest BCUT2D eigenvalue weighted by Crippen LogP contribution is -1.90. The third kappa shape index (κ3) is 4.37. The van der Waals surface area contributed by atoms with Crippen molar-refractivity contribution in [2.75, 3.05) is 0 Å². The lowest BCUT2D eigenvalue weighted by molar-refractivity contribution is 0.920. The molecule has 0 fully saturated rings. The third-order valence-electron chi connectivity index (χ3n) is 4.07. The smallest absolute Gasteiger partial charge is 0.0249 e. The fourth-order valence-corrected chi connectivity index (χ4v) is 2.75. The van der Waals surface area contributed by atoms with Crippen molar-refractivity contribution in [3.63, 3.8) is 0 Å². The van der Waals surface area contributed by atoms with E-state index >= 15 is 0 Å². The van der Waals surface area contributed by atoms with Crippen molar-refractivity contribution in [1.82, 2.24) is 0 Å². The van der Waals surface area contributed by atoms with Crippen molar-refractivity contribution in [1.29, 1.82) is 0 Å². The van der Waals surface area contributed by atoms with Gasteiger partial charge in [-0.15, -0.1) is 0 Å². The maximum atomic E-state index is 3.25. The second-order valence-electron chi connectivity index (χ2n) is 5.84. The maximum Gasteiger partial charge on any atom is 0.0249 e. The first-order chi connectivity index (χ1) is 10.9. The van der Waals surface area contributed by atoms with Gasteiger partial charge in [-0.25, -0.2) is 0 Å². The summed E-state index contributed by atoms with van der Waals surface area (Å²) < 4.78 is 0. The zero-order valence-corrected chi connectivity index (χ0v) is 13.0. The largest absolute Gasteiger partial charge is 0.0840 e. The molecule has 0 aliphatic heterocycles. The van der Waals surface area contributed by atoms with Crippen molar-refractivity contribution in [2.24, 2.45) is 0 Å². The van der Waals surface area contributed by atoms with Crippen molar-refractivity contribution in [2.45, 2.75) is 38.5 Å². The van der Waals surface area contributed by atoms with Gasteiger partial charge in [0.1, 0.15) is 0 Å². The molecule has 0 atom stereocenters. The van der Waals surface area contributed by atoms with Crippen molar-refractivity contribution >= 4 is 0 Å². The van der Waals surface area contributed by atoms with Gasteiger partial charge in [-0.3, -0.25) is 0 Å². The van der Waals surface area contributed by atoms with Crippen LogP contribution in [0.2, 0.25) is 0 Å². The molecule has 0 heteroatoms. The molecular weight excluding hydrogens is 264 g/mol. The zero-order chi connectivity index (χ0) is 15.0. The van der Waals surface area contributed by atoms with E-state index in [4.69, 9.17) is 0 Å². The molecule has 0 unspecified atom stereocenters. The second kappa shape index (κ2) is 7.66. The lowest BCUT2D eigenvalue weighted by atomic mass is 9.99. The zero-order valence-electron chi connectivity index (χ0n) is 13.0. The van der Waals surface area contributed by atoms with E-state index in [1.807, 2.05) is 0 Å². The van der Waals surface area contributed by atoms with E-state index in [0.29, 0.717) is 0 Å². The molecule has 0 radical (unpaired) electrons. The van der Waals surface area contributed by atoms with E-state index in [2.05, 4.69) is 72.6 Å². The highest BCUT2D eigenvalue weighted by molar-refractivity contribution is 5.46. The van der Waals surface area contributed by atoms with Crippen LogP contribution in [-0.2, 0) is 6.42 Å². The molecule has 0 N–H and O–H groups in total. The van der Waals surface area contributed by atoms with E-state index in [1.165, 1.54) is 24.0 Å². The van der Waals surface area contributed by atoms with Gasteiger partial charge >= 0.3 is 0 Å². The van der Waals surface area contributed by atoms with E-state index in [0.717, 1.165) is 36.8 Å². The molecule has 0 saturated carbocycles. The van der Waals surface area contributed by atoms with Gasteiger partial charge in [0.25, 0.3) is 0 Å². The molecule has 1 aromatic carbocycles. The molecule has 0 aromatic heterocycles. The topological polar surface area (TPSA) is 0 Å². The van der Waals surface area contributed by atoms with E-state index in [9.17, 15) is 0 Å². The summed E-state index contributed by atoms with van der Waals surface area (Å²) in [5, 5.41) is 0. The molecule has 0 amide bonds. The van der Waals surface area contributed by atoms with Crippen LogP contribution < -0.4 is 0 Å². The minimum Gasteiger partial charge on any atom is -0.0840 e. The third-order valence-corrected chi connectivity index (χ3v) is 4.07. The Labute approximate surface area is 133 Å². The summed E-state index contributed by atoms with van der Waals surface area (Å²) in [4.78, 5) is 0. The molecule has 0 nitrogen and oxygen atoms in total. The standard InChI is InChI=1S/C22H22/c1-3-7-19(8-4-1)11-13-21-15-17-22(18-16-21)14-12-20-9-5-2-6-10-20/h3,5,7-10,15-18H,1-2,4,6,11,13H2. The Bertz CT molecular complexity index is 682. The van der Waals surface area contributed by atoms with Crippen LogP contribution in [0.3, 0.4) is 0 Å². The molecule has 110 valence electrons. The predicted octanol–water partition coefficient (Wildman–Crippen LogP) is 5.52. The van der Waals surface area contributed by atoms with Gasteiger partial charge in [0.2, 0.25) is 0 Å². The van der Waals surface area contributed by atoms with Crippen LogP contribution in [0, 0.1) is 11.8 Å². The number of rotatable bonds is 3. The molecule has 0 heterocycles. The van der Waals surface area contributed by atoms with Crippen LogP contribution in [-0.4, -0.2) is 0 Å². The Kier molecular flexibility index (Phi) is 5.11. The number of hydrogen-bond acceptors (Lipinski definition) is 0. The lowest BCUT2D eigenvalue weighted by Gasteiger charge is -2.07. The molecule has 22 heavy (non-hydrogen) atoms. The number of benzene rings is 1. The number of hydrogen-bond donors (Lipinski definition) is 0. The van der Waals surface area contributed by atoms with Gasteiger partial charge in [0.15, 0.2) is 0 Å². The van der Waals surface area contributed by atoms with Crippen LogP contribution >= 0.6 is 0 Å². The monoisotopic (exact) mass is 286 g/mol. The summed E-state index contributed by atoms with van der Waals surface area (Å²) in [5.74, 6) is 6.50. The molecule has 1 aromatic rings. The summed E-state index contributed by atoms with van der Waals surface area (Å²) in [5.41, 5.74) is 5.11. The summed E-state index contributed by atoms with van der Waals surface area (Å²) in [6, 6.07) is 8.70. The SMILES string of the molecule is C(#Cc1ccc(CCC2=CCCC=C2)cc1)C1=CCCC=C1. The van der Waals surface area contributed by atoms with Crippen LogP contribution in [0.5, 0.6) is 0 Å². The Balaban J connectivity index is 1.57. The molecule has 0 bridgehead atoms. The van der Waals surface area contributed by atoms with Crippen molar-refractivity contribution < 1.29 is 0 Å². The highest BCUT2D eigenvalue weighted by Gasteiger charge is 1.99. The van der Waals surface area contributed by atoms with E-state index in [-0.39, 0.29) is 0 Å². The normalized spacial score (nSPS) is 16.5. The Morgan fingerprint density at radius 2 is 1.50 bits per heavy atom. The number of allylic oxidation sites excluding steroid dienone is 8. The van der Waals surface area contributed by atoms with Crippen LogP contribution in [0.1, 0.15) is 43.2 Å². The number of aryl methyl sites for hydroxylation is 1. The molecule has 2 aliphatic carbocycles. The Hall–Kier alpha value is -2.26. The van der Waals surface area contributed by atoms with Gasteiger partial charge in [-0.2, -0.15) is 0 Å². The fraction of sp³-hybridized carbons (Fsp3) is 0.273. The maximum absolute atomic E-state index is 3.25. The second-order valence-corrected chi connectivity index (χ2v) is 5.84. The highest BCUT2D eigenvalue weighted by atomic mass is 14.0. The fourth-order valence-electron chi connectivity index (χ4n) is 2.75. The van der Waals surface area contributed by atoms with Crippen molar-refractivity contribution in [3.05, 3.63) is 83.0 Å². The first kappa shape index (κ1) is 14.7. The average Bonchev–Trinajstić information content (AvgIpc) is 2.61. The molecule has 0 spiro atoms. The predicted molar refractivity (Wildman–Crippen MR) is 94.6 cm³/mol. The summed E-state index contributed by atoms with van der Waals surface area (Å²) in [7, 11) is 0. The molecule has 0 saturated heterocycles. The van der Waals surface area contributed by atoms with Crippen molar-refractivity contribution in [3.8, 4) is 11.8 Å². The minimum atomic E-state index is 1.10. The van der Waals surface area contributed by atoms with E-state index < -0.39 is 0 Å². The Morgan fingerprint density at radius 1 is 0.727 bits per heavy atom. The van der Waals surface area contributed by atoms with Crippen LogP contribution in [0.15, 0.2) is 71.9 Å². The van der Waals surface area contributed by atoms with Crippen LogP contribution in [0.25, 0.3) is 0 Å². The minimum absolute atomic E-state index is 1.10. The van der Waals surface area contributed by atoms with E-state index in [1.54, 1.807) is 0 Å². The summed E-state index contributed by atoms with van der Waals surface area (Å²) >= 11 is 0. The summed E-state index contributed by atoms with van der Waals surface area (Å²) in [6.07, 6.45) is 20.4. The molecular formula is C22H22. The highest BCUT2D eigenvalue weighted by Crippen LogP contribution is 2.16. The quantitative estimate of drug-likeness (QED) is 0.641. The van der Waals surface area contributed by atoms with Gasteiger partial charge in [0, 0.05) is 11.1 Å². The molecule has 3 rings (SSSR count). The first-order valence-electron chi connectivity index (χ1n) is 8.23. The van der Waals surface area contributed by atoms with Crippen LogP contribution in [0.4, 0.5) is 0 Å². The Morgan fingerprint density at radius 3 is 2.18 bits per heavy atom. The first-order valence-corrected chi connectivity index (χ1v) is 8.23. The van der Waals surface area contributed by atoms with Gasteiger partial charge < -0.3 is 0 Å². The average molecular weight is 286 g/mol.